The number of piperidine rings is 1. The molecule has 1 aliphatic heterocycles. The van der Waals surface area contributed by atoms with Crippen LogP contribution in [0.4, 0.5) is 5.69 Å². The lowest BCUT2D eigenvalue weighted by Crippen LogP contribution is -2.29. The lowest BCUT2D eigenvalue weighted by atomic mass is 9.91. The van der Waals surface area contributed by atoms with E-state index in [4.69, 9.17) is 0 Å². The average Bonchev–Trinajstić information content (AvgIpc) is 3.19. The Labute approximate surface area is 182 Å². The van der Waals surface area contributed by atoms with Crippen LogP contribution in [0.2, 0.25) is 0 Å². The number of nitrogens with zero attached hydrogens (tertiary/aromatic N) is 2. The summed E-state index contributed by atoms with van der Waals surface area (Å²) in [5, 5.41) is 11.0. The molecule has 2 aromatic carbocycles. The highest BCUT2D eigenvalue weighted by Gasteiger charge is 2.27. The third-order valence-corrected chi connectivity index (χ3v) is 5.88. The van der Waals surface area contributed by atoms with Crippen LogP contribution in [-0.2, 0) is 0 Å². The van der Waals surface area contributed by atoms with Crippen LogP contribution in [0.1, 0.15) is 63.2 Å². The number of hydrogen-bond acceptors (Lipinski definition) is 4. The van der Waals surface area contributed by atoms with E-state index in [1.54, 1.807) is 30.5 Å². The summed E-state index contributed by atoms with van der Waals surface area (Å²) in [5.74, 6) is 0.00756. The van der Waals surface area contributed by atoms with Gasteiger partial charge in [-0.05, 0) is 70.5 Å². The van der Waals surface area contributed by atoms with E-state index in [2.05, 4.69) is 47.8 Å². The van der Waals surface area contributed by atoms with Gasteiger partial charge in [0.15, 0.2) is 5.78 Å². The number of aromatic nitrogens is 2. The van der Waals surface area contributed by atoms with Gasteiger partial charge < -0.3 is 10.6 Å². The molecule has 1 fully saturated rings. The molecule has 0 unspecified atom stereocenters. The third kappa shape index (κ3) is 4.44. The Morgan fingerprint density at radius 1 is 1.10 bits per heavy atom. The maximum atomic E-state index is 13.3. The average molecular weight is 417 g/mol. The summed E-state index contributed by atoms with van der Waals surface area (Å²) < 4.78 is 1.94. The van der Waals surface area contributed by atoms with Crippen molar-refractivity contribution in [1.29, 1.82) is 0 Å². The molecule has 2 N–H and O–H groups in total. The molecule has 1 saturated heterocycles. The van der Waals surface area contributed by atoms with E-state index in [-0.39, 0.29) is 17.6 Å². The normalized spacial score (nSPS) is 14.4. The number of hydrogen-bond donors (Lipinski definition) is 2. The highest BCUT2D eigenvalue weighted by Crippen LogP contribution is 2.31. The topological polar surface area (TPSA) is 76.0 Å². The number of amides is 1. The number of Topliss-reactive ketones (excluding diaryl/α,β-unsaturated/α-hetero) is 1. The van der Waals surface area contributed by atoms with Crippen molar-refractivity contribution >= 4 is 17.4 Å². The van der Waals surface area contributed by atoms with E-state index < -0.39 is 0 Å². The molecule has 160 valence electrons. The second-order valence-corrected chi connectivity index (χ2v) is 8.26. The molecule has 0 aliphatic carbocycles. The number of rotatable bonds is 5. The van der Waals surface area contributed by atoms with Crippen molar-refractivity contribution in [3.05, 3.63) is 76.6 Å². The number of aryl methyl sites for hydroxylation is 2. The lowest BCUT2D eigenvalue weighted by molar-refractivity contribution is 0.101. The second-order valence-electron chi connectivity index (χ2n) is 8.26. The molecule has 0 atom stereocenters. The fourth-order valence-corrected chi connectivity index (χ4v) is 4.27. The van der Waals surface area contributed by atoms with Crippen molar-refractivity contribution in [2.24, 2.45) is 0 Å². The van der Waals surface area contributed by atoms with Crippen molar-refractivity contribution in [2.45, 2.75) is 39.5 Å². The highest BCUT2D eigenvalue weighted by molar-refractivity contribution is 6.06. The van der Waals surface area contributed by atoms with Crippen LogP contribution < -0.4 is 10.6 Å². The summed E-state index contributed by atoms with van der Waals surface area (Å²) in [6.07, 6.45) is 3.58. The van der Waals surface area contributed by atoms with E-state index in [1.807, 2.05) is 4.68 Å². The molecular formula is C25H28N4O2. The van der Waals surface area contributed by atoms with Gasteiger partial charge in [0.1, 0.15) is 0 Å². The molecule has 1 amide bonds. The Bertz CT molecular complexity index is 1130. The molecular weight excluding hydrogens is 388 g/mol. The van der Waals surface area contributed by atoms with E-state index >= 15 is 0 Å². The van der Waals surface area contributed by atoms with Crippen LogP contribution in [0, 0.1) is 13.8 Å². The summed E-state index contributed by atoms with van der Waals surface area (Å²) >= 11 is 0. The van der Waals surface area contributed by atoms with Gasteiger partial charge in [-0.2, -0.15) is 5.10 Å². The van der Waals surface area contributed by atoms with Crippen LogP contribution in [-0.4, -0.2) is 34.6 Å². The predicted molar refractivity (Wildman–Crippen MR) is 122 cm³/mol. The van der Waals surface area contributed by atoms with E-state index in [0.717, 1.165) is 42.9 Å². The molecule has 6 nitrogen and oxygen atoms in total. The third-order valence-electron chi connectivity index (χ3n) is 5.88. The highest BCUT2D eigenvalue weighted by atomic mass is 16.1. The molecule has 1 aromatic heterocycles. The Balaban J connectivity index is 1.73. The van der Waals surface area contributed by atoms with Gasteiger partial charge in [-0.1, -0.05) is 29.8 Å². The molecule has 0 spiro atoms. The van der Waals surface area contributed by atoms with Crippen LogP contribution in [0.15, 0.2) is 48.7 Å². The quantitative estimate of drug-likeness (QED) is 0.604. The standard InChI is InChI=1S/C25H28N4O2/c1-16-7-8-23(17(2)13-16)29-24(19-9-11-26-12-10-19)22(15-27-29)25(31)28-21-6-4-5-20(14-21)18(3)30/h4-8,13-15,19,26H,9-12H2,1-3H3,(H,28,31). The van der Waals surface area contributed by atoms with Gasteiger partial charge in [0.25, 0.3) is 5.91 Å². The monoisotopic (exact) mass is 416 g/mol. The predicted octanol–water partition coefficient (Wildman–Crippen LogP) is 4.41. The van der Waals surface area contributed by atoms with Crippen LogP contribution >= 0.6 is 0 Å². The number of anilines is 1. The number of benzene rings is 2. The van der Waals surface area contributed by atoms with Crippen molar-refractivity contribution < 1.29 is 9.59 Å². The maximum absolute atomic E-state index is 13.3. The summed E-state index contributed by atoms with van der Waals surface area (Å²) in [6, 6.07) is 13.3. The Morgan fingerprint density at radius 2 is 1.87 bits per heavy atom. The first-order chi connectivity index (χ1) is 14.9. The van der Waals surface area contributed by atoms with Gasteiger partial charge in [0.2, 0.25) is 0 Å². The first-order valence-electron chi connectivity index (χ1n) is 10.7. The number of nitrogens with one attached hydrogen (secondary N) is 2. The molecule has 0 bridgehead atoms. The summed E-state index contributed by atoms with van der Waals surface area (Å²) in [4.78, 5) is 25.0. The van der Waals surface area contributed by atoms with Gasteiger partial charge >= 0.3 is 0 Å². The van der Waals surface area contributed by atoms with Gasteiger partial charge in [-0.3, -0.25) is 9.59 Å². The first kappa shape index (κ1) is 21.0. The van der Waals surface area contributed by atoms with Crippen molar-refractivity contribution in [1.82, 2.24) is 15.1 Å². The molecule has 4 rings (SSSR count). The Hall–Kier alpha value is -3.25. The fourth-order valence-electron chi connectivity index (χ4n) is 4.27. The summed E-state index contributed by atoms with van der Waals surface area (Å²) in [6.45, 7) is 7.50. The van der Waals surface area contributed by atoms with Crippen molar-refractivity contribution in [3.63, 3.8) is 0 Å². The van der Waals surface area contributed by atoms with Gasteiger partial charge in [-0.15, -0.1) is 0 Å². The van der Waals surface area contributed by atoms with Gasteiger partial charge in [-0.25, -0.2) is 4.68 Å². The number of carbonyl (C=O) groups excluding carboxylic acids is 2. The first-order valence-corrected chi connectivity index (χ1v) is 10.7. The smallest absolute Gasteiger partial charge is 0.259 e. The van der Waals surface area contributed by atoms with E-state index in [9.17, 15) is 9.59 Å². The number of carbonyl (C=O) groups is 2. The van der Waals surface area contributed by atoms with Crippen LogP contribution in [0.5, 0.6) is 0 Å². The zero-order chi connectivity index (χ0) is 22.0. The molecule has 31 heavy (non-hydrogen) atoms. The summed E-state index contributed by atoms with van der Waals surface area (Å²) in [5.41, 5.74) is 6.03. The minimum atomic E-state index is -0.203. The molecule has 1 aliphatic rings. The van der Waals surface area contributed by atoms with Crippen molar-refractivity contribution in [2.75, 3.05) is 18.4 Å². The Morgan fingerprint density at radius 3 is 2.58 bits per heavy atom. The zero-order valence-electron chi connectivity index (χ0n) is 18.2. The molecule has 0 radical (unpaired) electrons. The van der Waals surface area contributed by atoms with Crippen LogP contribution in [0.25, 0.3) is 5.69 Å². The van der Waals surface area contributed by atoms with E-state index in [1.165, 1.54) is 12.5 Å². The molecule has 6 heteroatoms. The Kier molecular flexibility index (Phi) is 6.00. The van der Waals surface area contributed by atoms with Gasteiger partial charge in [0.05, 0.1) is 23.1 Å². The lowest BCUT2D eigenvalue weighted by Gasteiger charge is -2.25. The molecule has 3 aromatic rings. The fraction of sp³-hybridized carbons (Fsp3) is 0.320. The second kappa shape index (κ2) is 8.86. The summed E-state index contributed by atoms with van der Waals surface area (Å²) in [7, 11) is 0. The SMILES string of the molecule is CC(=O)c1cccc(NC(=O)c2cnn(-c3ccc(C)cc3C)c2C2CCNCC2)c1. The largest absolute Gasteiger partial charge is 0.322 e. The van der Waals surface area contributed by atoms with Crippen molar-refractivity contribution in [3.8, 4) is 5.69 Å². The minimum absolute atomic E-state index is 0.0332. The number of ketones is 1. The zero-order valence-corrected chi connectivity index (χ0v) is 18.2. The minimum Gasteiger partial charge on any atom is -0.322 e. The van der Waals surface area contributed by atoms with Gasteiger partial charge in [0, 0.05) is 17.2 Å². The van der Waals surface area contributed by atoms with E-state index in [0.29, 0.717) is 16.8 Å². The maximum Gasteiger partial charge on any atom is 0.259 e. The van der Waals surface area contributed by atoms with Crippen LogP contribution in [0.3, 0.4) is 0 Å². The molecule has 0 saturated carbocycles. The molecule has 2 heterocycles.